The van der Waals surface area contributed by atoms with Crippen LogP contribution < -0.4 is 0 Å². The normalized spacial score (nSPS) is 26.7. The quantitative estimate of drug-likeness (QED) is 0.247. The van der Waals surface area contributed by atoms with Gasteiger partial charge in [0.2, 0.25) is 0 Å². The molecule has 0 amide bonds. The van der Waals surface area contributed by atoms with Crippen molar-refractivity contribution in [1.29, 1.82) is 0 Å². The molecule has 0 spiro atoms. The molecule has 1 N–H and O–H groups in total. The van der Waals surface area contributed by atoms with Crippen LogP contribution in [0.3, 0.4) is 0 Å². The Labute approximate surface area is 165 Å². The lowest BCUT2D eigenvalue weighted by molar-refractivity contribution is -0.148. The SMILES string of the molecule is CCCCCCCCCC/C=C\CC[C@@H](O)[C@H]1CC[C@H]([C@H]2CCC(=O)O2)O1. The Hall–Kier alpha value is -0.870. The van der Waals surface area contributed by atoms with Gasteiger partial charge in [0.25, 0.3) is 0 Å². The number of cyclic esters (lactones) is 1. The van der Waals surface area contributed by atoms with Crippen LogP contribution in [0.5, 0.6) is 0 Å². The van der Waals surface area contributed by atoms with Crippen molar-refractivity contribution in [2.75, 3.05) is 0 Å². The minimum absolute atomic E-state index is 0.0198. The molecule has 0 bridgehead atoms. The maximum atomic E-state index is 11.2. The monoisotopic (exact) mass is 380 g/mol. The molecule has 0 aromatic heterocycles. The van der Waals surface area contributed by atoms with E-state index in [0.717, 1.165) is 38.5 Å². The van der Waals surface area contributed by atoms with Gasteiger partial charge in [0.15, 0.2) is 0 Å². The minimum Gasteiger partial charge on any atom is -0.460 e. The van der Waals surface area contributed by atoms with Crippen molar-refractivity contribution in [2.45, 2.75) is 128 Å². The molecule has 156 valence electrons. The predicted molar refractivity (Wildman–Crippen MR) is 109 cm³/mol. The molecule has 2 fully saturated rings. The number of ether oxygens (including phenoxy) is 2. The van der Waals surface area contributed by atoms with Crippen molar-refractivity contribution < 1.29 is 19.4 Å². The first-order chi connectivity index (χ1) is 13.2. The van der Waals surface area contributed by atoms with Crippen LogP contribution in [0.25, 0.3) is 0 Å². The third-order valence-electron chi connectivity index (χ3n) is 5.87. The van der Waals surface area contributed by atoms with Gasteiger partial charge in [-0.25, -0.2) is 0 Å². The number of aliphatic hydroxyl groups is 1. The summed E-state index contributed by atoms with van der Waals surface area (Å²) in [5, 5.41) is 10.4. The molecule has 4 heteroatoms. The molecule has 2 aliphatic heterocycles. The van der Waals surface area contributed by atoms with Crippen LogP contribution >= 0.6 is 0 Å². The summed E-state index contributed by atoms with van der Waals surface area (Å²) in [5.74, 6) is -0.116. The first-order valence-corrected chi connectivity index (χ1v) is 11.4. The van der Waals surface area contributed by atoms with E-state index in [4.69, 9.17) is 9.47 Å². The van der Waals surface area contributed by atoms with Crippen molar-refractivity contribution in [2.24, 2.45) is 0 Å². The van der Waals surface area contributed by atoms with Gasteiger partial charge in [-0.15, -0.1) is 0 Å². The van der Waals surface area contributed by atoms with E-state index in [0.29, 0.717) is 6.42 Å². The number of hydrogen-bond donors (Lipinski definition) is 1. The maximum absolute atomic E-state index is 11.2. The number of hydrogen-bond acceptors (Lipinski definition) is 4. The lowest BCUT2D eigenvalue weighted by Gasteiger charge is -2.21. The fourth-order valence-corrected chi connectivity index (χ4v) is 4.14. The van der Waals surface area contributed by atoms with E-state index >= 15 is 0 Å². The number of carbonyl (C=O) groups excluding carboxylic acids is 1. The average Bonchev–Trinajstić information content (AvgIpc) is 3.31. The molecule has 0 saturated carbocycles. The predicted octanol–water partition coefficient (Wildman–Crippen LogP) is 5.47. The Kier molecular flexibility index (Phi) is 11.1. The molecular weight excluding hydrogens is 340 g/mol. The molecule has 0 unspecified atom stereocenters. The lowest BCUT2D eigenvalue weighted by atomic mass is 10.0. The van der Waals surface area contributed by atoms with E-state index < -0.39 is 6.10 Å². The van der Waals surface area contributed by atoms with E-state index in [1.165, 1.54) is 51.4 Å². The Bertz CT molecular complexity index is 434. The molecule has 2 heterocycles. The number of aliphatic hydroxyl groups excluding tert-OH is 1. The summed E-state index contributed by atoms with van der Waals surface area (Å²) in [6.07, 6.45) is 20.5. The van der Waals surface area contributed by atoms with Crippen LogP contribution in [0.2, 0.25) is 0 Å². The highest BCUT2D eigenvalue weighted by Crippen LogP contribution is 2.31. The fraction of sp³-hybridized carbons (Fsp3) is 0.870. The van der Waals surface area contributed by atoms with Gasteiger partial charge in [0, 0.05) is 6.42 Å². The van der Waals surface area contributed by atoms with Crippen LogP contribution in [0.1, 0.15) is 103 Å². The zero-order chi connectivity index (χ0) is 19.3. The van der Waals surface area contributed by atoms with Gasteiger partial charge >= 0.3 is 5.97 Å². The summed E-state index contributed by atoms with van der Waals surface area (Å²) in [6, 6.07) is 0. The Morgan fingerprint density at radius 1 is 0.963 bits per heavy atom. The summed E-state index contributed by atoms with van der Waals surface area (Å²) >= 11 is 0. The van der Waals surface area contributed by atoms with Gasteiger partial charge < -0.3 is 14.6 Å². The molecule has 0 aromatic rings. The number of unbranched alkanes of at least 4 members (excludes halogenated alkanes) is 8. The Morgan fingerprint density at radius 3 is 2.37 bits per heavy atom. The number of carbonyl (C=O) groups is 1. The zero-order valence-corrected chi connectivity index (χ0v) is 17.2. The van der Waals surface area contributed by atoms with Gasteiger partial charge in [-0.3, -0.25) is 4.79 Å². The van der Waals surface area contributed by atoms with Crippen molar-refractivity contribution in [3.05, 3.63) is 12.2 Å². The van der Waals surface area contributed by atoms with Gasteiger partial charge in [0.1, 0.15) is 6.10 Å². The Morgan fingerprint density at radius 2 is 1.67 bits per heavy atom. The largest absolute Gasteiger partial charge is 0.460 e. The van der Waals surface area contributed by atoms with Crippen LogP contribution in [-0.2, 0) is 14.3 Å². The topological polar surface area (TPSA) is 55.8 Å². The second-order valence-corrected chi connectivity index (χ2v) is 8.24. The van der Waals surface area contributed by atoms with Crippen LogP contribution in [0, 0.1) is 0 Å². The van der Waals surface area contributed by atoms with Gasteiger partial charge in [0.05, 0.1) is 18.3 Å². The van der Waals surface area contributed by atoms with Gasteiger partial charge in [-0.05, 0) is 44.9 Å². The van der Waals surface area contributed by atoms with Crippen LogP contribution in [0.15, 0.2) is 12.2 Å². The fourth-order valence-electron chi connectivity index (χ4n) is 4.14. The van der Waals surface area contributed by atoms with E-state index in [1.807, 2.05) is 0 Å². The zero-order valence-electron chi connectivity index (χ0n) is 17.2. The average molecular weight is 381 g/mol. The molecule has 4 nitrogen and oxygen atoms in total. The van der Waals surface area contributed by atoms with Crippen molar-refractivity contribution in [3.63, 3.8) is 0 Å². The molecule has 27 heavy (non-hydrogen) atoms. The van der Waals surface area contributed by atoms with Crippen molar-refractivity contribution in [3.8, 4) is 0 Å². The second kappa shape index (κ2) is 13.3. The molecule has 0 aromatic carbocycles. The molecule has 2 rings (SSSR count). The molecule has 0 radical (unpaired) electrons. The van der Waals surface area contributed by atoms with E-state index in [1.54, 1.807) is 0 Å². The third-order valence-corrected chi connectivity index (χ3v) is 5.87. The third kappa shape index (κ3) is 8.78. The first kappa shape index (κ1) is 22.4. The van der Waals surface area contributed by atoms with Crippen molar-refractivity contribution >= 4 is 5.97 Å². The number of esters is 1. The smallest absolute Gasteiger partial charge is 0.306 e. The molecular formula is C23H40O4. The highest BCUT2D eigenvalue weighted by molar-refractivity contribution is 5.71. The first-order valence-electron chi connectivity index (χ1n) is 11.4. The summed E-state index contributed by atoms with van der Waals surface area (Å²) in [5.41, 5.74) is 0. The molecule has 0 aliphatic carbocycles. The van der Waals surface area contributed by atoms with Gasteiger partial charge in [-0.1, -0.05) is 64.0 Å². The van der Waals surface area contributed by atoms with E-state index in [-0.39, 0.29) is 24.3 Å². The molecule has 2 saturated heterocycles. The lowest BCUT2D eigenvalue weighted by Crippen LogP contribution is -2.30. The van der Waals surface area contributed by atoms with E-state index in [9.17, 15) is 9.90 Å². The standard InChI is InChI=1S/C23H40O4/c1-2-3-4-5-6-7-8-9-10-11-12-13-14-19(24)20-15-16-21(26-20)22-17-18-23(25)27-22/h11-12,19-22,24H,2-10,13-18H2,1H3/b12-11-/t19-,20-,21-,22-/m1/s1. The van der Waals surface area contributed by atoms with Gasteiger partial charge in [-0.2, -0.15) is 0 Å². The maximum Gasteiger partial charge on any atom is 0.306 e. The van der Waals surface area contributed by atoms with E-state index in [2.05, 4.69) is 19.1 Å². The molecule has 2 aliphatic rings. The number of allylic oxidation sites excluding steroid dienone is 2. The minimum atomic E-state index is -0.417. The number of rotatable bonds is 14. The van der Waals surface area contributed by atoms with Crippen LogP contribution in [-0.4, -0.2) is 35.5 Å². The highest BCUT2D eigenvalue weighted by Gasteiger charge is 2.39. The van der Waals surface area contributed by atoms with Crippen molar-refractivity contribution in [1.82, 2.24) is 0 Å². The second-order valence-electron chi connectivity index (χ2n) is 8.24. The summed E-state index contributed by atoms with van der Waals surface area (Å²) in [7, 11) is 0. The Balaban J connectivity index is 1.44. The summed E-state index contributed by atoms with van der Waals surface area (Å²) in [4.78, 5) is 11.2. The molecule has 4 atom stereocenters. The summed E-state index contributed by atoms with van der Waals surface area (Å²) in [6.45, 7) is 2.26. The highest BCUT2D eigenvalue weighted by atomic mass is 16.6. The van der Waals surface area contributed by atoms with Crippen LogP contribution in [0.4, 0.5) is 0 Å². The summed E-state index contributed by atoms with van der Waals surface area (Å²) < 4.78 is 11.3.